The van der Waals surface area contributed by atoms with Crippen LogP contribution in [-0.2, 0) is 5.41 Å². The maximum Gasteiger partial charge on any atom is 0.162 e. The van der Waals surface area contributed by atoms with Gasteiger partial charge >= 0.3 is 0 Å². The van der Waals surface area contributed by atoms with Gasteiger partial charge in [0.15, 0.2) is 5.82 Å². The largest absolute Gasteiger partial charge is 0.369 e. The van der Waals surface area contributed by atoms with Crippen molar-refractivity contribution in [1.29, 1.82) is 0 Å². The SMILES string of the molecule is CN(C)CCCNc1nc(-c2ccc(C(C)(C)C)cc2)nc2ccccc12.Cl. The molecule has 0 saturated carbocycles. The highest BCUT2D eigenvalue weighted by Crippen LogP contribution is 2.27. The van der Waals surface area contributed by atoms with Crippen molar-refractivity contribution in [3.05, 3.63) is 54.1 Å². The summed E-state index contributed by atoms with van der Waals surface area (Å²) in [5.41, 5.74) is 3.47. The van der Waals surface area contributed by atoms with Gasteiger partial charge in [-0.3, -0.25) is 0 Å². The maximum absolute atomic E-state index is 4.84. The van der Waals surface area contributed by atoms with E-state index < -0.39 is 0 Å². The van der Waals surface area contributed by atoms with Crippen LogP contribution in [0.5, 0.6) is 0 Å². The average molecular weight is 399 g/mol. The third kappa shape index (κ3) is 5.43. The normalized spacial score (nSPS) is 11.5. The molecule has 1 N–H and O–H groups in total. The number of aromatic nitrogens is 2. The average Bonchev–Trinajstić information content (AvgIpc) is 2.64. The van der Waals surface area contributed by atoms with Crippen molar-refractivity contribution >= 4 is 29.1 Å². The highest BCUT2D eigenvalue weighted by molar-refractivity contribution is 5.90. The lowest BCUT2D eigenvalue weighted by molar-refractivity contribution is 0.405. The fourth-order valence-electron chi connectivity index (χ4n) is 3.06. The number of hydrogen-bond donors (Lipinski definition) is 1. The zero-order valence-corrected chi connectivity index (χ0v) is 18.3. The van der Waals surface area contributed by atoms with Crippen molar-refractivity contribution in [3.63, 3.8) is 0 Å². The summed E-state index contributed by atoms with van der Waals surface area (Å²) in [6.45, 7) is 8.62. The summed E-state index contributed by atoms with van der Waals surface area (Å²) in [5.74, 6) is 1.68. The summed E-state index contributed by atoms with van der Waals surface area (Å²) >= 11 is 0. The lowest BCUT2D eigenvalue weighted by Gasteiger charge is -2.19. The third-order valence-electron chi connectivity index (χ3n) is 4.69. The molecule has 1 aromatic heterocycles. The maximum atomic E-state index is 4.84. The summed E-state index contributed by atoms with van der Waals surface area (Å²) in [4.78, 5) is 11.8. The molecule has 0 spiro atoms. The summed E-state index contributed by atoms with van der Waals surface area (Å²) in [6, 6.07) is 16.8. The van der Waals surface area contributed by atoms with Crippen LogP contribution in [-0.4, -0.2) is 42.1 Å². The molecule has 0 unspecified atom stereocenters. The number of nitrogens with one attached hydrogen (secondary N) is 1. The summed E-state index contributed by atoms with van der Waals surface area (Å²) in [6.07, 6.45) is 1.07. The highest BCUT2D eigenvalue weighted by atomic mass is 35.5. The van der Waals surface area contributed by atoms with E-state index in [-0.39, 0.29) is 17.8 Å². The summed E-state index contributed by atoms with van der Waals surface area (Å²) < 4.78 is 0. The van der Waals surface area contributed by atoms with Gasteiger partial charge in [0.1, 0.15) is 5.82 Å². The summed E-state index contributed by atoms with van der Waals surface area (Å²) in [5, 5.41) is 4.58. The Bertz CT molecular complexity index is 899. The molecular formula is C23H31ClN4. The van der Waals surface area contributed by atoms with Crippen molar-refractivity contribution < 1.29 is 0 Å². The van der Waals surface area contributed by atoms with Crippen molar-refractivity contribution in [2.24, 2.45) is 0 Å². The molecule has 0 aliphatic heterocycles. The molecule has 5 heteroatoms. The van der Waals surface area contributed by atoms with Crippen LogP contribution in [0, 0.1) is 0 Å². The van der Waals surface area contributed by atoms with Crippen LogP contribution in [0.25, 0.3) is 22.3 Å². The molecule has 28 heavy (non-hydrogen) atoms. The Balaban J connectivity index is 0.00000280. The number of rotatable bonds is 6. The minimum Gasteiger partial charge on any atom is -0.369 e. The number of fused-ring (bicyclic) bond motifs is 1. The lowest BCUT2D eigenvalue weighted by Crippen LogP contribution is -2.17. The van der Waals surface area contributed by atoms with Crippen LogP contribution in [0.2, 0.25) is 0 Å². The first kappa shape index (κ1) is 22.1. The van der Waals surface area contributed by atoms with Gasteiger partial charge in [0.25, 0.3) is 0 Å². The fourth-order valence-corrected chi connectivity index (χ4v) is 3.06. The molecule has 0 aliphatic carbocycles. The second-order valence-electron chi connectivity index (χ2n) is 8.32. The minimum atomic E-state index is 0. The van der Waals surface area contributed by atoms with Gasteiger partial charge in [-0.05, 0) is 50.2 Å². The molecular weight excluding hydrogens is 368 g/mol. The molecule has 0 saturated heterocycles. The molecule has 3 aromatic rings. The van der Waals surface area contributed by atoms with Crippen LogP contribution in [0.1, 0.15) is 32.8 Å². The van der Waals surface area contributed by atoms with E-state index in [2.05, 4.69) is 81.5 Å². The molecule has 1 heterocycles. The second kappa shape index (κ2) is 9.35. The Kier molecular flexibility index (Phi) is 7.39. The van der Waals surface area contributed by atoms with Gasteiger partial charge in [0.2, 0.25) is 0 Å². The third-order valence-corrected chi connectivity index (χ3v) is 4.69. The molecule has 0 atom stereocenters. The van der Waals surface area contributed by atoms with E-state index in [0.717, 1.165) is 47.6 Å². The molecule has 0 bridgehead atoms. The molecule has 0 fully saturated rings. The molecule has 0 aliphatic rings. The topological polar surface area (TPSA) is 41.0 Å². The fraction of sp³-hybridized carbons (Fsp3) is 0.391. The van der Waals surface area contributed by atoms with Crippen molar-refractivity contribution in [3.8, 4) is 11.4 Å². The van der Waals surface area contributed by atoms with E-state index in [0.29, 0.717) is 0 Å². The predicted octanol–water partition coefficient (Wildman–Crippen LogP) is 5.38. The molecule has 2 aromatic carbocycles. The van der Waals surface area contributed by atoms with Crippen molar-refractivity contribution in [2.45, 2.75) is 32.6 Å². The van der Waals surface area contributed by atoms with E-state index in [1.807, 2.05) is 12.1 Å². The first-order chi connectivity index (χ1) is 12.8. The number of para-hydroxylation sites is 1. The number of hydrogen-bond acceptors (Lipinski definition) is 4. The van der Waals surface area contributed by atoms with Crippen molar-refractivity contribution in [1.82, 2.24) is 14.9 Å². The lowest BCUT2D eigenvalue weighted by atomic mass is 9.87. The Labute approximate surface area is 174 Å². The van der Waals surface area contributed by atoms with E-state index in [1.54, 1.807) is 0 Å². The van der Waals surface area contributed by atoms with E-state index in [4.69, 9.17) is 9.97 Å². The zero-order valence-electron chi connectivity index (χ0n) is 17.5. The van der Waals surface area contributed by atoms with Gasteiger partial charge in [-0.1, -0.05) is 57.2 Å². The van der Waals surface area contributed by atoms with Gasteiger partial charge in [0.05, 0.1) is 5.52 Å². The van der Waals surface area contributed by atoms with Crippen LogP contribution in [0.15, 0.2) is 48.5 Å². The van der Waals surface area contributed by atoms with Crippen molar-refractivity contribution in [2.75, 3.05) is 32.5 Å². The van der Waals surface area contributed by atoms with Gasteiger partial charge in [-0.2, -0.15) is 0 Å². The Morgan fingerprint density at radius 3 is 2.25 bits per heavy atom. The zero-order chi connectivity index (χ0) is 19.4. The van der Waals surface area contributed by atoms with Gasteiger partial charge in [-0.25, -0.2) is 9.97 Å². The first-order valence-electron chi connectivity index (χ1n) is 9.61. The van der Waals surface area contributed by atoms with Crippen LogP contribution in [0.3, 0.4) is 0 Å². The van der Waals surface area contributed by atoms with Gasteiger partial charge < -0.3 is 10.2 Å². The van der Waals surface area contributed by atoms with E-state index in [9.17, 15) is 0 Å². The molecule has 4 nitrogen and oxygen atoms in total. The molecule has 0 amide bonds. The first-order valence-corrected chi connectivity index (χ1v) is 9.61. The minimum absolute atomic E-state index is 0. The van der Waals surface area contributed by atoms with Gasteiger partial charge in [-0.15, -0.1) is 12.4 Å². The van der Waals surface area contributed by atoms with Crippen LogP contribution < -0.4 is 5.32 Å². The quantitative estimate of drug-likeness (QED) is 0.566. The van der Waals surface area contributed by atoms with E-state index >= 15 is 0 Å². The number of nitrogens with zero attached hydrogens (tertiary/aromatic N) is 3. The predicted molar refractivity (Wildman–Crippen MR) is 123 cm³/mol. The summed E-state index contributed by atoms with van der Waals surface area (Å²) in [7, 11) is 4.19. The monoisotopic (exact) mass is 398 g/mol. The standard InChI is InChI=1S/C23H30N4.ClH/c1-23(2,3)18-13-11-17(12-14-18)21-25-20-10-7-6-9-19(20)22(26-21)24-15-8-16-27(4)5;/h6-7,9-14H,8,15-16H2,1-5H3,(H,24,25,26);1H. The van der Waals surface area contributed by atoms with Crippen LogP contribution >= 0.6 is 12.4 Å². The molecule has 150 valence electrons. The Hall–Kier alpha value is -2.17. The molecule has 3 rings (SSSR count). The highest BCUT2D eigenvalue weighted by Gasteiger charge is 2.14. The van der Waals surface area contributed by atoms with E-state index in [1.165, 1.54) is 5.56 Å². The van der Waals surface area contributed by atoms with Gasteiger partial charge in [0, 0.05) is 17.5 Å². The second-order valence-corrected chi connectivity index (χ2v) is 8.32. The van der Waals surface area contributed by atoms with Crippen LogP contribution in [0.4, 0.5) is 5.82 Å². The number of halogens is 1. The number of benzene rings is 2. The Morgan fingerprint density at radius 1 is 0.929 bits per heavy atom. The Morgan fingerprint density at radius 2 is 1.61 bits per heavy atom. The molecule has 0 radical (unpaired) electrons. The smallest absolute Gasteiger partial charge is 0.162 e. The number of anilines is 1.